The molecule has 2 aromatic carbocycles. The van der Waals surface area contributed by atoms with Crippen molar-refractivity contribution >= 4 is 21.6 Å². The number of benzene rings is 2. The van der Waals surface area contributed by atoms with Gasteiger partial charge in [0.25, 0.3) is 5.91 Å². The van der Waals surface area contributed by atoms with Crippen LogP contribution < -0.4 is 10.0 Å². The van der Waals surface area contributed by atoms with Crippen LogP contribution in [0.2, 0.25) is 0 Å². The van der Waals surface area contributed by atoms with E-state index in [9.17, 15) is 13.2 Å². The fourth-order valence-electron chi connectivity index (χ4n) is 2.58. The van der Waals surface area contributed by atoms with Crippen molar-refractivity contribution in [1.82, 2.24) is 14.5 Å². The molecule has 7 nitrogen and oxygen atoms in total. The summed E-state index contributed by atoms with van der Waals surface area (Å²) >= 11 is 0. The summed E-state index contributed by atoms with van der Waals surface area (Å²) in [5.74, 6) is -0.259. The van der Waals surface area contributed by atoms with Crippen LogP contribution in [0.5, 0.6) is 0 Å². The lowest BCUT2D eigenvalue weighted by Crippen LogP contribution is -2.24. The van der Waals surface area contributed by atoms with Gasteiger partial charge in [0.2, 0.25) is 10.0 Å². The number of rotatable bonds is 8. The van der Waals surface area contributed by atoms with Crippen molar-refractivity contribution in [2.24, 2.45) is 0 Å². The molecule has 0 aliphatic heterocycles. The lowest BCUT2D eigenvalue weighted by Gasteiger charge is -2.09. The minimum absolute atomic E-state index is 0.168. The average Bonchev–Trinajstić information content (AvgIpc) is 3.20. The van der Waals surface area contributed by atoms with Crippen LogP contribution in [0, 0.1) is 0 Å². The van der Waals surface area contributed by atoms with E-state index in [4.69, 9.17) is 0 Å². The second-order valence-electron chi connectivity index (χ2n) is 6.28. The maximum atomic E-state index is 12.4. The molecule has 3 rings (SSSR count). The highest BCUT2D eigenvalue weighted by atomic mass is 32.2. The molecule has 0 aliphatic rings. The van der Waals surface area contributed by atoms with Crippen LogP contribution in [0.3, 0.4) is 0 Å². The van der Waals surface area contributed by atoms with Crippen LogP contribution in [0.15, 0.2) is 71.9 Å². The summed E-state index contributed by atoms with van der Waals surface area (Å²) in [5.41, 5.74) is 2.08. The van der Waals surface area contributed by atoms with Crippen molar-refractivity contribution < 1.29 is 13.2 Å². The molecule has 0 fully saturated rings. The second kappa shape index (κ2) is 8.81. The third kappa shape index (κ3) is 5.05. The molecule has 146 valence electrons. The van der Waals surface area contributed by atoms with Crippen molar-refractivity contribution in [3.8, 4) is 0 Å². The standard InChI is InChI=1S/C20H22N4O3S/c1-2-12-22-28(26,27)19-10-8-18(9-11-19)23-20(25)17-6-4-16(5-7-17)15-24-14-3-13-21-24/h3-11,13-14,22H,2,12,15H2,1H3,(H,23,25). The maximum Gasteiger partial charge on any atom is 0.255 e. The minimum atomic E-state index is -3.52. The van der Waals surface area contributed by atoms with E-state index in [1.807, 2.05) is 31.3 Å². The van der Waals surface area contributed by atoms with E-state index in [-0.39, 0.29) is 10.8 Å². The first-order valence-corrected chi connectivity index (χ1v) is 10.4. The molecule has 0 atom stereocenters. The number of sulfonamides is 1. The summed E-state index contributed by atoms with van der Waals surface area (Å²) in [4.78, 5) is 12.6. The van der Waals surface area contributed by atoms with Gasteiger partial charge in [-0.25, -0.2) is 13.1 Å². The predicted octanol–water partition coefficient (Wildman–Crippen LogP) is 2.87. The Morgan fingerprint density at radius 1 is 1.07 bits per heavy atom. The molecule has 1 aromatic heterocycles. The molecule has 0 saturated carbocycles. The van der Waals surface area contributed by atoms with Crippen LogP contribution in [-0.2, 0) is 16.6 Å². The Morgan fingerprint density at radius 2 is 1.79 bits per heavy atom. The highest BCUT2D eigenvalue weighted by Crippen LogP contribution is 2.15. The van der Waals surface area contributed by atoms with Crippen LogP contribution >= 0.6 is 0 Å². The summed E-state index contributed by atoms with van der Waals surface area (Å²) in [5, 5.41) is 6.93. The highest BCUT2D eigenvalue weighted by Gasteiger charge is 2.13. The Hall–Kier alpha value is -2.97. The molecule has 0 radical (unpaired) electrons. The predicted molar refractivity (Wildman–Crippen MR) is 108 cm³/mol. The average molecular weight is 398 g/mol. The van der Waals surface area contributed by atoms with Crippen molar-refractivity contribution in [3.63, 3.8) is 0 Å². The molecular formula is C20H22N4O3S. The number of carbonyl (C=O) groups excluding carboxylic acids is 1. The Balaban J connectivity index is 1.62. The molecule has 8 heteroatoms. The van der Waals surface area contributed by atoms with E-state index < -0.39 is 10.0 Å². The first-order chi connectivity index (χ1) is 13.5. The number of nitrogens with zero attached hydrogens (tertiary/aromatic N) is 2. The van der Waals surface area contributed by atoms with Gasteiger partial charge in [0, 0.05) is 30.2 Å². The van der Waals surface area contributed by atoms with E-state index in [0.717, 1.165) is 5.56 Å². The van der Waals surface area contributed by atoms with Crippen molar-refractivity contribution in [2.75, 3.05) is 11.9 Å². The SMILES string of the molecule is CCCNS(=O)(=O)c1ccc(NC(=O)c2ccc(Cn3cccn3)cc2)cc1. The van der Waals surface area contributed by atoms with E-state index in [1.54, 1.807) is 35.1 Å². The van der Waals surface area contributed by atoms with Gasteiger partial charge in [-0.3, -0.25) is 9.48 Å². The summed E-state index contributed by atoms with van der Waals surface area (Å²) in [7, 11) is -3.52. The molecule has 0 bridgehead atoms. The third-order valence-electron chi connectivity index (χ3n) is 4.08. The smallest absolute Gasteiger partial charge is 0.255 e. The third-order valence-corrected chi connectivity index (χ3v) is 5.56. The van der Waals surface area contributed by atoms with E-state index >= 15 is 0 Å². The van der Waals surface area contributed by atoms with Gasteiger partial charge in [-0.1, -0.05) is 19.1 Å². The van der Waals surface area contributed by atoms with Gasteiger partial charge in [-0.05, 0) is 54.4 Å². The number of hydrogen-bond acceptors (Lipinski definition) is 4. The Morgan fingerprint density at radius 3 is 2.39 bits per heavy atom. The van der Waals surface area contributed by atoms with Gasteiger partial charge in [0.1, 0.15) is 0 Å². The zero-order valence-electron chi connectivity index (χ0n) is 15.5. The van der Waals surface area contributed by atoms with Gasteiger partial charge >= 0.3 is 0 Å². The number of carbonyl (C=O) groups is 1. The highest BCUT2D eigenvalue weighted by molar-refractivity contribution is 7.89. The molecule has 3 aromatic rings. The quantitative estimate of drug-likeness (QED) is 0.610. The Labute approximate surface area is 164 Å². The molecule has 1 amide bonds. The van der Waals surface area contributed by atoms with Crippen molar-refractivity contribution in [3.05, 3.63) is 78.1 Å². The van der Waals surface area contributed by atoms with Gasteiger partial charge in [0.15, 0.2) is 0 Å². The van der Waals surface area contributed by atoms with Crippen LogP contribution in [-0.4, -0.2) is 30.7 Å². The normalized spacial score (nSPS) is 11.3. The fourth-order valence-corrected chi connectivity index (χ4v) is 3.72. The van der Waals surface area contributed by atoms with Crippen molar-refractivity contribution in [2.45, 2.75) is 24.8 Å². The van der Waals surface area contributed by atoms with Gasteiger partial charge in [-0.15, -0.1) is 0 Å². The molecule has 28 heavy (non-hydrogen) atoms. The first-order valence-electron chi connectivity index (χ1n) is 8.95. The number of nitrogens with one attached hydrogen (secondary N) is 2. The summed E-state index contributed by atoms with van der Waals surface area (Å²) in [6.07, 6.45) is 4.31. The molecule has 1 heterocycles. The fraction of sp³-hybridized carbons (Fsp3) is 0.200. The maximum absolute atomic E-state index is 12.4. The summed E-state index contributed by atoms with van der Waals surface area (Å²) in [6, 6.07) is 15.2. The summed E-state index contributed by atoms with van der Waals surface area (Å²) in [6.45, 7) is 2.92. The van der Waals surface area contributed by atoms with Crippen molar-refractivity contribution in [1.29, 1.82) is 0 Å². The lowest BCUT2D eigenvalue weighted by atomic mass is 10.1. The Bertz CT molecular complexity index is 1010. The molecule has 0 unspecified atom stereocenters. The van der Waals surface area contributed by atoms with Crippen LogP contribution in [0.1, 0.15) is 29.3 Å². The number of hydrogen-bond donors (Lipinski definition) is 2. The Kier molecular flexibility index (Phi) is 6.23. The summed E-state index contributed by atoms with van der Waals surface area (Å²) < 4.78 is 28.5. The number of amides is 1. The van der Waals surface area contributed by atoms with E-state index in [0.29, 0.717) is 30.8 Å². The van der Waals surface area contributed by atoms with E-state index in [2.05, 4.69) is 15.1 Å². The molecule has 0 aliphatic carbocycles. The second-order valence-corrected chi connectivity index (χ2v) is 8.04. The van der Waals surface area contributed by atoms with Crippen LogP contribution in [0.25, 0.3) is 0 Å². The molecule has 0 saturated heterocycles. The van der Waals surface area contributed by atoms with Gasteiger partial charge in [-0.2, -0.15) is 5.10 Å². The topological polar surface area (TPSA) is 93.1 Å². The number of aromatic nitrogens is 2. The van der Waals surface area contributed by atoms with Crippen LogP contribution in [0.4, 0.5) is 5.69 Å². The lowest BCUT2D eigenvalue weighted by molar-refractivity contribution is 0.102. The zero-order chi connectivity index (χ0) is 20.0. The van der Waals surface area contributed by atoms with Gasteiger partial charge < -0.3 is 5.32 Å². The monoisotopic (exact) mass is 398 g/mol. The number of anilines is 1. The first kappa shape index (κ1) is 19.8. The zero-order valence-corrected chi connectivity index (χ0v) is 16.3. The van der Waals surface area contributed by atoms with Gasteiger partial charge in [0.05, 0.1) is 11.4 Å². The van der Waals surface area contributed by atoms with E-state index in [1.165, 1.54) is 12.1 Å². The molecule has 0 spiro atoms. The largest absolute Gasteiger partial charge is 0.322 e. The minimum Gasteiger partial charge on any atom is -0.322 e. The molecular weight excluding hydrogens is 376 g/mol. The molecule has 2 N–H and O–H groups in total.